The van der Waals surface area contributed by atoms with E-state index in [9.17, 15) is 0 Å². The zero-order valence-corrected chi connectivity index (χ0v) is 14.4. The lowest BCUT2D eigenvalue weighted by Crippen LogP contribution is -2.27. The van der Waals surface area contributed by atoms with Gasteiger partial charge in [0.05, 0.1) is 23.5 Å². The minimum atomic E-state index is 0.238. The van der Waals surface area contributed by atoms with Gasteiger partial charge in [-0.25, -0.2) is 0 Å². The van der Waals surface area contributed by atoms with Crippen LogP contribution in [0.3, 0.4) is 0 Å². The van der Waals surface area contributed by atoms with Crippen LogP contribution in [0, 0.1) is 13.8 Å². The second-order valence-corrected chi connectivity index (χ2v) is 6.38. The summed E-state index contributed by atoms with van der Waals surface area (Å²) in [5.41, 5.74) is 3.87. The fourth-order valence-corrected chi connectivity index (χ4v) is 3.06. The maximum Gasteiger partial charge on any atom is 0.0811 e. The van der Waals surface area contributed by atoms with E-state index in [1.54, 1.807) is 0 Å². The Bertz CT molecular complexity index is 672. The molecule has 2 aromatic rings. The molecule has 0 radical (unpaired) electrons. The molecule has 2 aromatic heterocycles. The SMILES string of the molecule is Cc1cccc(C=N[C@H]2CCCC[C@@H]2N=Cc2cccc(C)n2)n1. The van der Waals surface area contributed by atoms with E-state index in [2.05, 4.69) is 9.97 Å². The normalized spacial score (nSPS) is 21.6. The largest absolute Gasteiger partial charge is 0.285 e. The first-order chi connectivity index (χ1) is 11.7. The van der Waals surface area contributed by atoms with Crippen molar-refractivity contribution in [3.05, 3.63) is 59.2 Å². The van der Waals surface area contributed by atoms with E-state index in [-0.39, 0.29) is 12.1 Å². The molecule has 24 heavy (non-hydrogen) atoms. The van der Waals surface area contributed by atoms with Gasteiger partial charge in [0, 0.05) is 23.8 Å². The topological polar surface area (TPSA) is 50.5 Å². The van der Waals surface area contributed by atoms with E-state index in [0.717, 1.165) is 35.6 Å². The fraction of sp³-hybridized carbons (Fsp3) is 0.400. The van der Waals surface area contributed by atoms with Crippen molar-refractivity contribution in [1.82, 2.24) is 9.97 Å². The van der Waals surface area contributed by atoms with Gasteiger partial charge >= 0.3 is 0 Å². The summed E-state index contributed by atoms with van der Waals surface area (Å²) in [5.74, 6) is 0. The first kappa shape index (κ1) is 16.5. The van der Waals surface area contributed by atoms with Gasteiger partial charge in [-0.05, 0) is 51.0 Å². The monoisotopic (exact) mass is 320 g/mol. The van der Waals surface area contributed by atoms with Crippen molar-refractivity contribution in [3.8, 4) is 0 Å². The predicted octanol–water partition coefficient (Wildman–Crippen LogP) is 3.94. The number of nitrogens with zero attached hydrogens (tertiary/aromatic N) is 4. The highest BCUT2D eigenvalue weighted by Crippen LogP contribution is 2.24. The molecule has 1 aliphatic carbocycles. The van der Waals surface area contributed by atoms with Gasteiger partial charge in [-0.1, -0.05) is 25.0 Å². The van der Waals surface area contributed by atoms with Crippen molar-refractivity contribution in [2.45, 2.75) is 51.6 Å². The molecule has 0 spiro atoms. The number of aryl methyl sites for hydroxylation is 2. The van der Waals surface area contributed by atoms with Gasteiger partial charge in [-0.2, -0.15) is 0 Å². The highest BCUT2D eigenvalue weighted by Gasteiger charge is 2.23. The Morgan fingerprint density at radius 2 is 1.25 bits per heavy atom. The van der Waals surface area contributed by atoms with Crippen molar-refractivity contribution in [3.63, 3.8) is 0 Å². The zero-order valence-electron chi connectivity index (χ0n) is 14.4. The molecule has 1 aliphatic rings. The number of aliphatic imine (C=N–C) groups is 2. The maximum atomic E-state index is 4.78. The first-order valence-electron chi connectivity index (χ1n) is 8.64. The van der Waals surface area contributed by atoms with E-state index in [1.165, 1.54) is 12.8 Å². The molecule has 0 saturated heterocycles. The summed E-state index contributed by atoms with van der Waals surface area (Å²) in [4.78, 5) is 18.5. The van der Waals surface area contributed by atoms with Crippen LogP contribution in [0.25, 0.3) is 0 Å². The number of rotatable bonds is 4. The maximum absolute atomic E-state index is 4.78. The van der Waals surface area contributed by atoms with E-state index in [1.807, 2.05) is 62.7 Å². The number of hydrogen-bond acceptors (Lipinski definition) is 4. The predicted molar refractivity (Wildman–Crippen MR) is 99.2 cm³/mol. The smallest absolute Gasteiger partial charge is 0.0811 e. The highest BCUT2D eigenvalue weighted by molar-refractivity contribution is 5.78. The molecule has 0 unspecified atom stereocenters. The van der Waals surface area contributed by atoms with Crippen molar-refractivity contribution in [2.75, 3.05) is 0 Å². The van der Waals surface area contributed by atoms with Crippen LogP contribution in [-0.2, 0) is 0 Å². The van der Waals surface area contributed by atoms with Gasteiger partial charge in [-0.3, -0.25) is 20.0 Å². The molecule has 0 amide bonds. The number of hydrogen-bond donors (Lipinski definition) is 0. The summed E-state index contributed by atoms with van der Waals surface area (Å²) >= 11 is 0. The minimum Gasteiger partial charge on any atom is -0.285 e. The quantitative estimate of drug-likeness (QED) is 0.801. The second-order valence-electron chi connectivity index (χ2n) is 6.38. The molecule has 1 saturated carbocycles. The summed E-state index contributed by atoms with van der Waals surface area (Å²) in [6.07, 6.45) is 8.42. The Hall–Kier alpha value is -2.36. The Labute approximate surface area is 143 Å². The molecule has 0 bridgehead atoms. The van der Waals surface area contributed by atoms with E-state index in [0.29, 0.717) is 0 Å². The van der Waals surface area contributed by atoms with Crippen molar-refractivity contribution in [2.24, 2.45) is 9.98 Å². The minimum absolute atomic E-state index is 0.238. The van der Waals surface area contributed by atoms with Gasteiger partial charge in [0.1, 0.15) is 0 Å². The lowest BCUT2D eigenvalue weighted by Gasteiger charge is -2.25. The lowest BCUT2D eigenvalue weighted by atomic mass is 9.91. The third-order valence-corrected chi connectivity index (χ3v) is 4.31. The molecule has 2 atom stereocenters. The summed E-state index contributed by atoms with van der Waals surface area (Å²) < 4.78 is 0. The fourth-order valence-electron chi connectivity index (χ4n) is 3.06. The van der Waals surface area contributed by atoms with Gasteiger partial charge in [0.2, 0.25) is 0 Å². The van der Waals surface area contributed by atoms with Crippen LogP contribution < -0.4 is 0 Å². The summed E-state index contributed by atoms with van der Waals surface area (Å²) in [6, 6.07) is 12.5. The molecule has 2 heterocycles. The molecule has 0 aliphatic heterocycles. The molecule has 124 valence electrons. The Morgan fingerprint density at radius 1 is 0.792 bits per heavy atom. The van der Waals surface area contributed by atoms with Crippen LogP contribution in [0.15, 0.2) is 46.4 Å². The van der Waals surface area contributed by atoms with E-state index >= 15 is 0 Å². The Kier molecular flexibility index (Phi) is 5.47. The van der Waals surface area contributed by atoms with Gasteiger partial charge in [0.15, 0.2) is 0 Å². The molecule has 4 heteroatoms. The average Bonchev–Trinajstić information content (AvgIpc) is 2.59. The third kappa shape index (κ3) is 4.57. The van der Waals surface area contributed by atoms with Crippen LogP contribution in [0.2, 0.25) is 0 Å². The molecule has 3 rings (SSSR count). The summed E-state index contributed by atoms with van der Waals surface area (Å²) in [5, 5.41) is 0. The van der Waals surface area contributed by atoms with Gasteiger partial charge in [0.25, 0.3) is 0 Å². The highest BCUT2D eigenvalue weighted by atomic mass is 14.9. The van der Waals surface area contributed by atoms with Crippen LogP contribution in [0.5, 0.6) is 0 Å². The van der Waals surface area contributed by atoms with Crippen LogP contribution in [0.1, 0.15) is 48.5 Å². The van der Waals surface area contributed by atoms with Crippen LogP contribution in [0.4, 0.5) is 0 Å². The van der Waals surface area contributed by atoms with Crippen molar-refractivity contribution >= 4 is 12.4 Å². The zero-order chi connectivity index (χ0) is 16.8. The summed E-state index contributed by atoms with van der Waals surface area (Å²) in [7, 11) is 0. The van der Waals surface area contributed by atoms with Gasteiger partial charge < -0.3 is 0 Å². The molecule has 1 fully saturated rings. The van der Waals surface area contributed by atoms with Crippen LogP contribution in [-0.4, -0.2) is 34.5 Å². The summed E-state index contributed by atoms with van der Waals surface area (Å²) in [6.45, 7) is 4.00. The average molecular weight is 320 g/mol. The van der Waals surface area contributed by atoms with Crippen molar-refractivity contribution in [1.29, 1.82) is 0 Å². The molecule has 4 nitrogen and oxygen atoms in total. The van der Waals surface area contributed by atoms with Gasteiger partial charge in [-0.15, -0.1) is 0 Å². The second kappa shape index (κ2) is 7.95. The number of aromatic nitrogens is 2. The van der Waals surface area contributed by atoms with E-state index < -0.39 is 0 Å². The van der Waals surface area contributed by atoms with Crippen molar-refractivity contribution < 1.29 is 0 Å². The van der Waals surface area contributed by atoms with E-state index in [4.69, 9.17) is 9.98 Å². The molecule has 0 aromatic carbocycles. The molecular formula is C20H24N4. The molecular weight excluding hydrogens is 296 g/mol. The number of pyridine rings is 2. The Balaban J connectivity index is 1.71. The first-order valence-corrected chi connectivity index (χ1v) is 8.64. The van der Waals surface area contributed by atoms with Crippen LogP contribution >= 0.6 is 0 Å². The third-order valence-electron chi connectivity index (χ3n) is 4.31. The Morgan fingerprint density at radius 3 is 1.67 bits per heavy atom. The molecule has 0 N–H and O–H groups in total. The lowest BCUT2D eigenvalue weighted by molar-refractivity contribution is 0.390. The standard InChI is InChI=1S/C20H24N4/c1-15-7-5-9-17(23-15)13-21-19-11-3-4-12-20(19)22-14-18-10-6-8-16(2)24-18/h5-10,13-14,19-20H,3-4,11-12H2,1-2H3/t19-,20-/m0/s1.